The lowest BCUT2D eigenvalue weighted by atomic mass is 9.92. The van der Waals surface area contributed by atoms with Crippen LogP contribution in [0.25, 0.3) is 6.08 Å². The molecule has 0 spiro atoms. The van der Waals surface area contributed by atoms with Gasteiger partial charge < -0.3 is 20.1 Å². The van der Waals surface area contributed by atoms with Crippen LogP contribution in [0.4, 0.5) is 0 Å². The molecule has 156 valence electrons. The SMILES string of the molecule is C=C(CCC)/C(=C/CO)C(O)CC/C(=C/c1cc(I)c(O)c(OC)c1)CCC. The minimum absolute atomic E-state index is 0.0987. The van der Waals surface area contributed by atoms with E-state index in [-0.39, 0.29) is 12.4 Å². The molecule has 0 amide bonds. The Morgan fingerprint density at radius 1 is 1.21 bits per heavy atom. The Kier molecular flexibility index (Phi) is 11.5. The summed E-state index contributed by atoms with van der Waals surface area (Å²) in [6, 6.07) is 3.74. The van der Waals surface area contributed by atoms with Crippen molar-refractivity contribution < 1.29 is 20.1 Å². The van der Waals surface area contributed by atoms with Crippen LogP contribution in [0.1, 0.15) is 57.9 Å². The minimum Gasteiger partial charge on any atom is -0.504 e. The van der Waals surface area contributed by atoms with Crippen LogP contribution in [0, 0.1) is 3.57 Å². The fraction of sp³-hybridized carbons (Fsp3) is 0.478. The highest BCUT2D eigenvalue weighted by Crippen LogP contribution is 2.34. The van der Waals surface area contributed by atoms with Crippen molar-refractivity contribution in [2.24, 2.45) is 0 Å². The largest absolute Gasteiger partial charge is 0.504 e. The molecule has 0 saturated carbocycles. The standard InChI is InChI=1S/C23H33IO4/c1-5-7-16(3)19(11-12-25)21(26)10-9-17(8-6-2)13-18-14-20(24)23(27)22(15-18)28-4/h11,13-15,21,25-27H,3,5-10,12H2,1-2,4H3/b17-13+,19-11-. The molecule has 0 aliphatic heterocycles. The number of phenols is 1. The third-order valence-corrected chi connectivity index (χ3v) is 5.40. The van der Waals surface area contributed by atoms with E-state index in [0.717, 1.165) is 52.4 Å². The van der Waals surface area contributed by atoms with Crippen LogP contribution in [-0.2, 0) is 0 Å². The summed E-state index contributed by atoms with van der Waals surface area (Å²) in [6.07, 6.45) is 8.17. The van der Waals surface area contributed by atoms with Crippen molar-refractivity contribution in [3.63, 3.8) is 0 Å². The average molecular weight is 500 g/mol. The van der Waals surface area contributed by atoms with Gasteiger partial charge in [-0.15, -0.1) is 0 Å². The van der Waals surface area contributed by atoms with E-state index in [2.05, 4.69) is 49.1 Å². The summed E-state index contributed by atoms with van der Waals surface area (Å²) in [7, 11) is 1.54. The summed E-state index contributed by atoms with van der Waals surface area (Å²) in [5, 5.41) is 30.0. The maximum atomic E-state index is 10.7. The third kappa shape index (κ3) is 7.60. The molecule has 1 aromatic carbocycles. The summed E-state index contributed by atoms with van der Waals surface area (Å²) in [6.45, 7) is 8.17. The number of methoxy groups -OCH3 is 1. The molecule has 4 nitrogen and oxygen atoms in total. The molecule has 0 bridgehead atoms. The molecule has 28 heavy (non-hydrogen) atoms. The first-order valence-electron chi connectivity index (χ1n) is 9.80. The van der Waals surface area contributed by atoms with E-state index < -0.39 is 6.10 Å². The quantitative estimate of drug-likeness (QED) is 0.258. The summed E-state index contributed by atoms with van der Waals surface area (Å²) in [4.78, 5) is 0. The zero-order valence-corrected chi connectivity index (χ0v) is 19.3. The molecular weight excluding hydrogens is 467 g/mol. The number of aromatic hydroxyl groups is 1. The van der Waals surface area contributed by atoms with Gasteiger partial charge in [0.25, 0.3) is 0 Å². The van der Waals surface area contributed by atoms with Gasteiger partial charge in [-0.25, -0.2) is 0 Å². The number of aliphatic hydroxyl groups is 2. The van der Waals surface area contributed by atoms with Crippen molar-refractivity contribution in [2.45, 2.75) is 58.5 Å². The molecule has 0 aromatic heterocycles. The van der Waals surface area contributed by atoms with Gasteiger partial charge in [0.15, 0.2) is 11.5 Å². The molecule has 1 atom stereocenters. The first-order valence-corrected chi connectivity index (χ1v) is 10.9. The molecule has 5 heteroatoms. The van der Waals surface area contributed by atoms with Crippen LogP contribution in [0.3, 0.4) is 0 Å². The Balaban J connectivity index is 2.98. The molecular formula is C23H33IO4. The Morgan fingerprint density at radius 2 is 1.89 bits per heavy atom. The van der Waals surface area contributed by atoms with E-state index in [1.54, 1.807) is 13.2 Å². The highest BCUT2D eigenvalue weighted by atomic mass is 127. The van der Waals surface area contributed by atoms with Gasteiger partial charge in [-0.05, 0) is 77.1 Å². The molecule has 0 radical (unpaired) electrons. The van der Waals surface area contributed by atoms with Crippen molar-refractivity contribution in [1.82, 2.24) is 0 Å². The summed E-state index contributed by atoms with van der Waals surface area (Å²) in [5.74, 6) is 0.610. The second-order valence-electron chi connectivity index (χ2n) is 6.86. The molecule has 0 heterocycles. The number of hydrogen-bond donors (Lipinski definition) is 3. The first-order chi connectivity index (χ1) is 13.4. The Morgan fingerprint density at radius 3 is 2.46 bits per heavy atom. The molecule has 0 saturated heterocycles. The lowest BCUT2D eigenvalue weighted by molar-refractivity contribution is 0.200. The van der Waals surface area contributed by atoms with Crippen LogP contribution in [0.15, 0.2) is 41.5 Å². The van der Waals surface area contributed by atoms with E-state index in [1.807, 2.05) is 12.1 Å². The predicted octanol–water partition coefficient (Wildman–Crippen LogP) is 5.61. The zero-order chi connectivity index (χ0) is 21.1. The van der Waals surface area contributed by atoms with Crippen molar-refractivity contribution >= 4 is 28.7 Å². The van der Waals surface area contributed by atoms with Gasteiger partial charge in [-0.2, -0.15) is 0 Å². The molecule has 1 unspecified atom stereocenters. The number of phenolic OH excluding ortho intramolecular Hbond substituents is 1. The number of hydrogen-bond acceptors (Lipinski definition) is 4. The topological polar surface area (TPSA) is 69.9 Å². The molecule has 0 aliphatic carbocycles. The van der Waals surface area contributed by atoms with E-state index >= 15 is 0 Å². The van der Waals surface area contributed by atoms with Gasteiger partial charge in [-0.1, -0.05) is 51.0 Å². The Hall–Kier alpha value is -1.31. The van der Waals surface area contributed by atoms with Crippen molar-refractivity contribution in [3.05, 3.63) is 50.6 Å². The van der Waals surface area contributed by atoms with Crippen LogP contribution >= 0.6 is 22.6 Å². The highest BCUT2D eigenvalue weighted by Gasteiger charge is 2.15. The number of ether oxygens (including phenoxy) is 1. The Bertz CT molecular complexity index is 707. The highest BCUT2D eigenvalue weighted by molar-refractivity contribution is 14.1. The number of rotatable bonds is 12. The van der Waals surface area contributed by atoms with Crippen molar-refractivity contribution in [1.29, 1.82) is 0 Å². The van der Waals surface area contributed by atoms with Crippen LogP contribution in [0.5, 0.6) is 11.5 Å². The van der Waals surface area contributed by atoms with Crippen molar-refractivity contribution in [3.8, 4) is 11.5 Å². The zero-order valence-electron chi connectivity index (χ0n) is 17.2. The lowest BCUT2D eigenvalue weighted by Crippen LogP contribution is -2.13. The number of allylic oxidation sites excluding steroid dienone is 1. The molecule has 0 fully saturated rings. The predicted molar refractivity (Wildman–Crippen MR) is 125 cm³/mol. The smallest absolute Gasteiger partial charge is 0.171 e. The fourth-order valence-corrected chi connectivity index (χ4v) is 3.82. The fourth-order valence-electron chi connectivity index (χ4n) is 3.20. The lowest BCUT2D eigenvalue weighted by Gasteiger charge is -2.18. The van der Waals surface area contributed by atoms with E-state index in [1.165, 1.54) is 5.57 Å². The molecule has 0 aliphatic rings. The number of benzene rings is 1. The van der Waals surface area contributed by atoms with Crippen LogP contribution < -0.4 is 4.74 Å². The van der Waals surface area contributed by atoms with Gasteiger partial charge in [-0.3, -0.25) is 0 Å². The van der Waals surface area contributed by atoms with Gasteiger partial charge >= 0.3 is 0 Å². The minimum atomic E-state index is -0.638. The molecule has 1 rings (SSSR count). The van der Waals surface area contributed by atoms with Gasteiger partial charge in [0, 0.05) is 0 Å². The van der Waals surface area contributed by atoms with E-state index in [9.17, 15) is 15.3 Å². The Labute approximate surface area is 182 Å². The van der Waals surface area contributed by atoms with Gasteiger partial charge in [0.1, 0.15) is 0 Å². The summed E-state index contributed by atoms with van der Waals surface area (Å²) < 4.78 is 5.99. The van der Waals surface area contributed by atoms with Crippen LogP contribution in [0.2, 0.25) is 0 Å². The van der Waals surface area contributed by atoms with Gasteiger partial charge in [0.2, 0.25) is 0 Å². The van der Waals surface area contributed by atoms with Gasteiger partial charge in [0.05, 0.1) is 23.4 Å². The van der Waals surface area contributed by atoms with E-state index in [4.69, 9.17) is 4.74 Å². The van der Waals surface area contributed by atoms with Crippen molar-refractivity contribution in [2.75, 3.05) is 13.7 Å². The van der Waals surface area contributed by atoms with Crippen LogP contribution in [-0.4, -0.2) is 35.1 Å². The second kappa shape index (κ2) is 13.0. The number of halogens is 1. The maximum Gasteiger partial charge on any atom is 0.171 e. The molecule has 1 aromatic rings. The normalized spacial score (nSPS) is 13.5. The van der Waals surface area contributed by atoms with E-state index in [0.29, 0.717) is 12.2 Å². The number of aliphatic hydroxyl groups excluding tert-OH is 2. The second-order valence-corrected chi connectivity index (χ2v) is 8.02. The first kappa shape index (κ1) is 24.7. The monoisotopic (exact) mass is 500 g/mol. The maximum absolute atomic E-state index is 10.7. The average Bonchev–Trinajstić information content (AvgIpc) is 2.66. The summed E-state index contributed by atoms with van der Waals surface area (Å²) >= 11 is 2.09. The summed E-state index contributed by atoms with van der Waals surface area (Å²) in [5.41, 5.74) is 3.84. The molecule has 3 N–H and O–H groups in total. The third-order valence-electron chi connectivity index (χ3n) is 4.58.